The molecular formula is C15H18F3N3O4. The number of alkyl halides is 3. The molecule has 1 aliphatic heterocycles. The maximum atomic E-state index is 12.7. The van der Waals surface area contributed by atoms with Crippen LogP contribution < -0.4 is 5.32 Å². The van der Waals surface area contributed by atoms with Crippen molar-refractivity contribution in [3.8, 4) is 0 Å². The van der Waals surface area contributed by atoms with Crippen molar-refractivity contribution in [3.63, 3.8) is 0 Å². The summed E-state index contributed by atoms with van der Waals surface area (Å²) in [4.78, 5) is 22.7. The number of nitrogens with one attached hydrogen (secondary N) is 1. The molecule has 10 heteroatoms. The third-order valence-electron chi connectivity index (χ3n) is 3.78. The van der Waals surface area contributed by atoms with Crippen LogP contribution in [0.25, 0.3) is 0 Å². The maximum Gasteiger partial charge on any atom is 0.410 e. The molecule has 25 heavy (non-hydrogen) atoms. The third-order valence-corrected chi connectivity index (χ3v) is 3.78. The molecule has 1 heterocycles. The topological polar surface area (TPSA) is 84.7 Å². The second kappa shape index (κ2) is 8.15. The van der Waals surface area contributed by atoms with Gasteiger partial charge in [0, 0.05) is 18.7 Å². The Morgan fingerprint density at radius 1 is 1.36 bits per heavy atom. The van der Waals surface area contributed by atoms with Gasteiger partial charge in [-0.2, -0.15) is 13.2 Å². The van der Waals surface area contributed by atoms with Crippen molar-refractivity contribution in [1.29, 1.82) is 0 Å². The first-order chi connectivity index (χ1) is 11.7. The first-order valence-corrected chi connectivity index (χ1v) is 7.67. The van der Waals surface area contributed by atoms with Crippen LogP contribution in [-0.4, -0.2) is 48.3 Å². The first kappa shape index (κ1) is 19.0. The zero-order valence-corrected chi connectivity index (χ0v) is 13.3. The zero-order valence-electron chi connectivity index (χ0n) is 13.3. The number of hydrogen-bond donors (Lipinski definition) is 1. The van der Waals surface area contributed by atoms with Crippen LogP contribution in [0.4, 0.5) is 23.7 Å². The van der Waals surface area contributed by atoms with Gasteiger partial charge in [0.05, 0.1) is 4.92 Å². The second-order valence-electron chi connectivity index (χ2n) is 5.83. The van der Waals surface area contributed by atoms with Gasteiger partial charge in [0.25, 0.3) is 5.69 Å². The molecule has 2 rings (SSSR count). The number of benzene rings is 1. The van der Waals surface area contributed by atoms with Crippen molar-refractivity contribution in [3.05, 3.63) is 39.9 Å². The van der Waals surface area contributed by atoms with Gasteiger partial charge in [-0.05, 0) is 43.1 Å². The Morgan fingerprint density at radius 3 is 2.56 bits per heavy atom. The van der Waals surface area contributed by atoms with Gasteiger partial charge in [0.15, 0.2) is 0 Å². The first-order valence-electron chi connectivity index (χ1n) is 7.67. The number of amides is 1. The van der Waals surface area contributed by atoms with E-state index in [9.17, 15) is 28.1 Å². The summed E-state index contributed by atoms with van der Waals surface area (Å²) in [5, 5.41) is 13.6. The van der Waals surface area contributed by atoms with Crippen molar-refractivity contribution in [2.24, 2.45) is 5.92 Å². The molecule has 1 atom stereocenters. The van der Waals surface area contributed by atoms with Crippen LogP contribution in [0.3, 0.4) is 0 Å². The summed E-state index contributed by atoms with van der Waals surface area (Å²) in [6.07, 6.45) is -4.87. The predicted octanol–water partition coefficient (Wildman–Crippen LogP) is 2.71. The summed E-state index contributed by atoms with van der Waals surface area (Å²) < 4.78 is 43.0. The van der Waals surface area contributed by atoms with Gasteiger partial charge in [-0.3, -0.25) is 15.0 Å². The van der Waals surface area contributed by atoms with Crippen LogP contribution in [0, 0.1) is 16.0 Å². The second-order valence-corrected chi connectivity index (χ2v) is 5.83. The number of non-ortho nitro benzene ring substituents is 1. The number of nitro benzene ring substituents is 1. The van der Waals surface area contributed by atoms with Crippen molar-refractivity contribution in [1.82, 2.24) is 10.2 Å². The minimum Gasteiger partial charge on any atom is -0.445 e. The Hall–Kier alpha value is -2.36. The van der Waals surface area contributed by atoms with E-state index in [0.717, 1.165) is 0 Å². The molecule has 1 aromatic carbocycles. The highest BCUT2D eigenvalue weighted by Gasteiger charge is 2.35. The van der Waals surface area contributed by atoms with Crippen molar-refractivity contribution in [2.45, 2.75) is 19.2 Å². The number of nitro groups is 1. The third kappa shape index (κ3) is 6.22. The Morgan fingerprint density at radius 2 is 2.04 bits per heavy atom. The molecule has 1 saturated heterocycles. The summed E-state index contributed by atoms with van der Waals surface area (Å²) in [5.74, 6) is -0.0470. The van der Waals surface area contributed by atoms with Gasteiger partial charge in [-0.25, -0.2) is 4.79 Å². The molecule has 0 saturated carbocycles. The molecule has 0 radical (unpaired) electrons. The standard InChI is InChI=1S/C15H18F3N3O4/c16-15(17,18)10-20(8-12-5-6-19-7-12)14(22)25-9-11-1-3-13(4-2-11)21(23)24/h1-4,12,19H,5-10H2/t12-/m0/s1. The fourth-order valence-corrected chi connectivity index (χ4v) is 2.55. The number of carbonyl (C=O) groups excluding carboxylic acids is 1. The molecule has 7 nitrogen and oxygen atoms in total. The average Bonchev–Trinajstić information content (AvgIpc) is 3.04. The molecule has 0 aliphatic carbocycles. The lowest BCUT2D eigenvalue weighted by Crippen LogP contribution is -2.42. The number of rotatable bonds is 6. The predicted molar refractivity (Wildman–Crippen MR) is 81.9 cm³/mol. The number of carbonyl (C=O) groups is 1. The SMILES string of the molecule is O=C(OCc1ccc([N+](=O)[O-])cc1)N(C[C@H]1CCNC1)CC(F)(F)F. The van der Waals surface area contributed by atoms with E-state index in [0.29, 0.717) is 30.0 Å². The molecule has 1 N–H and O–H groups in total. The normalized spacial score (nSPS) is 17.3. The molecule has 0 spiro atoms. The number of halogens is 3. The minimum atomic E-state index is -4.52. The highest BCUT2D eigenvalue weighted by Crippen LogP contribution is 2.20. The Balaban J connectivity index is 1.94. The monoisotopic (exact) mass is 361 g/mol. The van der Waals surface area contributed by atoms with Gasteiger partial charge in [0.2, 0.25) is 0 Å². The Bertz CT molecular complexity index is 601. The van der Waals surface area contributed by atoms with Gasteiger partial charge >= 0.3 is 12.3 Å². The van der Waals surface area contributed by atoms with Crippen molar-refractivity contribution >= 4 is 11.8 Å². The fraction of sp³-hybridized carbons (Fsp3) is 0.533. The lowest BCUT2D eigenvalue weighted by atomic mass is 10.1. The van der Waals surface area contributed by atoms with E-state index in [2.05, 4.69) is 5.32 Å². The summed E-state index contributed by atoms with van der Waals surface area (Å²) in [7, 11) is 0. The largest absolute Gasteiger partial charge is 0.445 e. The number of hydrogen-bond acceptors (Lipinski definition) is 5. The van der Waals surface area contributed by atoms with E-state index in [1.165, 1.54) is 24.3 Å². The molecule has 1 amide bonds. The molecule has 1 aliphatic rings. The Kier molecular flexibility index (Phi) is 6.18. The molecule has 1 fully saturated rings. The van der Waals surface area contributed by atoms with Gasteiger partial charge in [-0.1, -0.05) is 0 Å². The van der Waals surface area contributed by atoms with Crippen LogP contribution in [0.5, 0.6) is 0 Å². The van der Waals surface area contributed by atoms with Crippen LogP contribution in [-0.2, 0) is 11.3 Å². The summed E-state index contributed by atoms with van der Waals surface area (Å²) >= 11 is 0. The van der Waals surface area contributed by atoms with Crippen LogP contribution in [0.15, 0.2) is 24.3 Å². The van der Waals surface area contributed by atoms with Crippen molar-refractivity contribution in [2.75, 3.05) is 26.2 Å². The number of ether oxygens (including phenoxy) is 1. The molecule has 0 bridgehead atoms. The van der Waals surface area contributed by atoms with Crippen LogP contribution in [0.2, 0.25) is 0 Å². The van der Waals surface area contributed by atoms with Gasteiger partial charge in [-0.15, -0.1) is 0 Å². The quantitative estimate of drug-likeness (QED) is 0.622. The highest BCUT2D eigenvalue weighted by atomic mass is 19.4. The van der Waals surface area contributed by atoms with E-state index < -0.39 is 23.7 Å². The molecule has 0 aromatic heterocycles. The fourth-order valence-electron chi connectivity index (χ4n) is 2.55. The van der Waals surface area contributed by atoms with Crippen LogP contribution in [0.1, 0.15) is 12.0 Å². The van der Waals surface area contributed by atoms with E-state index in [1.807, 2.05) is 0 Å². The smallest absolute Gasteiger partial charge is 0.410 e. The molecular weight excluding hydrogens is 343 g/mol. The van der Waals surface area contributed by atoms with Crippen LogP contribution >= 0.6 is 0 Å². The number of nitrogens with zero attached hydrogens (tertiary/aromatic N) is 2. The highest BCUT2D eigenvalue weighted by molar-refractivity contribution is 5.67. The Labute approximate surface area is 141 Å². The summed E-state index contributed by atoms with van der Waals surface area (Å²) in [6.45, 7) is -0.394. The van der Waals surface area contributed by atoms with E-state index in [1.54, 1.807) is 0 Å². The van der Waals surface area contributed by atoms with E-state index >= 15 is 0 Å². The molecule has 0 unspecified atom stereocenters. The van der Waals surface area contributed by atoms with E-state index in [4.69, 9.17) is 4.74 Å². The lowest BCUT2D eigenvalue weighted by molar-refractivity contribution is -0.384. The average molecular weight is 361 g/mol. The summed E-state index contributed by atoms with van der Waals surface area (Å²) in [5.41, 5.74) is 0.330. The van der Waals surface area contributed by atoms with E-state index in [-0.39, 0.29) is 24.8 Å². The molecule has 138 valence electrons. The summed E-state index contributed by atoms with van der Waals surface area (Å²) in [6, 6.07) is 5.25. The minimum absolute atomic E-state index is 0.0361. The van der Waals surface area contributed by atoms with Crippen molar-refractivity contribution < 1.29 is 27.6 Å². The molecule has 1 aromatic rings. The maximum absolute atomic E-state index is 12.7. The zero-order chi connectivity index (χ0) is 18.4. The van der Waals surface area contributed by atoms with Gasteiger partial charge in [0.1, 0.15) is 13.2 Å². The lowest BCUT2D eigenvalue weighted by Gasteiger charge is -2.25. The van der Waals surface area contributed by atoms with Gasteiger partial charge < -0.3 is 10.1 Å².